The van der Waals surface area contributed by atoms with Crippen molar-refractivity contribution in [3.63, 3.8) is 0 Å². The summed E-state index contributed by atoms with van der Waals surface area (Å²) in [6.45, 7) is 1.59. The zero-order chi connectivity index (χ0) is 18.1. The molecule has 0 saturated heterocycles. The summed E-state index contributed by atoms with van der Waals surface area (Å²) in [6.07, 6.45) is 0. The minimum atomic E-state index is -2.97. The van der Waals surface area contributed by atoms with Crippen molar-refractivity contribution in [3.05, 3.63) is 108 Å². The monoisotopic (exact) mass is 365 g/mol. The molecule has 0 aromatic heterocycles. The Morgan fingerprint density at radius 3 is 1.04 bits per heavy atom. The van der Waals surface area contributed by atoms with Crippen molar-refractivity contribution in [2.45, 2.75) is 19.6 Å². The van der Waals surface area contributed by atoms with Crippen molar-refractivity contribution in [1.82, 2.24) is 15.3 Å². The molecule has 0 bridgehead atoms. The smallest absolute Gasteiger partial charge is 0.271 e. The molecule has 5 heteroatoms. The second-order valence-electron chi connectivity index (χ2n) is 6.07. The van der Waals surface area contributed by atoms with Crippen molar-refractivity contribution in [2.24, 2.45) is 0 Å². The highest BCUT2D eigenvalue weighted by Crippen LogP contribution is 2.32. The Morgan fingerprint density at radius 2 is 0.769 bits per heavy atom. The van der Waals surface area contributed by atoms with E-state index in [1.807, 2.05) is 91.0 Å². The molecule has 0 atom stereocenters. The van der Waals surface area contributed by atoms with Crippen molar-refractivity contribution in [1.29, 1.82) is 0 Å². The molecule has 3 N–H and O–H groups in total. The maximum absolute atomic E-state index is 13.4. The average Bonchev–Trinajstić information content (AvgIpc) is 2.72. The van der Waals surface area contributed by atoms with E-state index in [-0.39, 0.29) is 0 Å². The summed E-state index contributed by atoms with van der Waals surface area (Å²) >= 11 is 0. The van der Waals surface area contributed by atoms with E-state index in [1.54, 1.807) is 0 Å². The second kappa shape index (κ2) is 9.46. The van der Waals surface area contributed by atoms with Gasteiger partial charge in [-0.15, -0.1) is 0 Å². The molecule has 0 amide bonds. The zero-order valence-electron chi connectivity index (χ0n) is 14.6. The Kier molecular flexibility index (Phi) is 6.75. The van der Waals surface area contributed by atoms with E-state index < -0.39 is 7.59 Å². The van der Waals surface area contributed by atoms with E-state index >= 15 is 0 Å². The van der Waals surface area contributed by atoms with E-state index in [2.05, 4.69) is 15.3 Å². The molecule has 0 aliphatic rings. The van der Waals surface area contributed by atoms with Gasteiger partial charge in [-0.2, -0.15) is 0 Å². The first kappa shape index (κ1) is 18.6. The van der Waals surface area contributed by atoms with Gasteiger partial charge < -0.3 is 0 Å². The van der Waals surface area contributed by atoms with Gasteiger partial charge in [-0.1, -0.05) is 91.0 Å². The normalized spacial score (nSPS) is 11.4. The van der Waals surface area contributed by atoms with E-state index in [4.69, 9.17) is 0 Å². The molecule has 0 saturated carbocycles. The topological polar surface area (TPSA) is 53.2 Å². The van der Waals surface area contributed by atoms with Gasteiger partial charge in [0.05, 0.1) is 0 Å². The van der Waals surface area contributed by atoms with Gasteiger partial charge in [-0.25, -0.2) is 15.3 Å². The molecule has 0 fully saturated rings. The molecular formula is C21H24N3OP. The molecule has 0 unspecified atom stereocenters. The Bertz CT molecular complexity index is 713. The van der Waals surface area contributed by atoms with Crippen molar-refractivity contribution in [3.8, 4) is 0 Å². The first-order chi connectivity index (χ1) is 12.7. The fraction of sp³-hybridized carbons (Fsp3) is 0.143. The van der Waals surface area contributed by atoms with Crippen LogP contribution in [-0.2, 0) is 24.2 Å². The molecular weight excluding hydrogens is 341 g/mol. The number of hydrogen-bond donors (Lipinski definition) is 3. The molecule has 0 heterocycles. The molecule has 0 spiro atoms. The number of nitrogens with one attached hydrogen (secondary N) is 3. The van der Waals surface area contributed by atoms with E-state index in [9.17, 15) is 4.57 Å². The number of rotatable bonds is 9. The standard InChI is InChI=1S/C21H24N3OP/c25-26(22-16-19-10-4-1-5-11-19,23-17-20-12-6-2-7-13-20)24-18-21-14-8-3-9-15-21/h1-15H,16-18H2,(H3,22,23,24,25). The van der Waals surface area contributed by atoms with Gasteiger partial charge in [-0.05, 0) is 16.7 Å². The van der Waals surface area contributed by atoms with E-state index in [0.29, 0.717) is 19.6 Å². The highest BCUT2D eigenvalue weighted by atomic mass is 31.2. The molecule has 0 aliphatic carbocycles. The van der Waals surface area contributed by atoms with Crippen LogP contribution < -0.4 is 15.3 Å². The van der Waals surface area contributed by atoms with E-state index in [0.717, 1.165) is 16.7 Å². The molecule has 3 rings (SSSR count). The van der Waals surface area contributed by atoms with Crippen LogP contribution >= 0.6 is 7.59 Å². The van der Waals surface area contributed by atoms with Crippen molar-refractivity contribution in [2.75, 3.05) is 0 Å². The van der Waals surface area contributed by atoms with Crippen LogP contribution in [0.3, 0.4) is 0 Å². The van der Waals surface area contributed by atoms with Gasteiger partial charge in [0.1, 0.15) is 0 Å². The summed E-state index contributed by atoms with van der Waals surface area (Å²) < 4.78 is 13.4. The minimum absolute atomic E-state index is 0.529. The molecule has 4 nitrogen and oxygen atoms in total. The van der Waals surface area contributed by atoms with Gasteiger partial charge in [0.2, 0.25) is 0 Å². The Hall–Kier alpha value is -2.23. The second-order valence-corrected chi connectivity index (χ2v) is 8.24. The third-order valence-corrected chi connectivity index (χ3v) is 5.86. The van der Waals surface area contributed by atoms with Crippen LogP contribution in [0.4, 0.5) is 0 Å². The van der Waals surface area contributed by atoms with Crippen LogP contribution in [0.15, 0.2) is 91.0 Å². The quantitative estimate of drug-likeness (QED) is 0.490. The molecule has 134 valence electrons. The van der Waals surface area contributed by atoms with Crippen LogP contribution in [0.1, 0.15) is 16.7 Å². The fourth-order valence-electron chi connectivity index (χ4n) is 2.56. The summed E-state index contributed by atoms with van der Waals surface area (Å²) in [5.74, 6) is 0. The zero-order valence-corrected chi connectivity index (χ0v) is 15.5. The highest BCUT2D eigenvalue weighted by molar-refractivity contribution is 7.57. The summed E-state index contributed by atoms with van der Waals surface area (Å²) in [5, 5.41) is 9.56. The predicted octanol–water partition coefficient (Wildman–Crippen LogP) is 4.46. The highest BCUT2D eigenvalue weighted by Gasteiger charge is 2.20. The summed E-state index contributed by atoms with van der Waals surface area (Å²) in [5.41, 5.74) is 3.28. The first-order valence-corrected chi connectivity index (χ1v) is 10.4. The molecule has 3 aromatic rings. The van der Waals surface area contributed by atoms with Crippen molar-refractivity contribution >= 4 is 7.59 Å². The summed E-state index contributed by atoms with van der Waals surface area (Å²) in [7, 11) is -2.97. The minimum Gasteiger partial charge on any atom is -0.271 e. The largest absolute Gasteiger partial charge is 0.279 e. The van der Waals surface area contributed by atoms with Crippen molar-refractivity contribution < 1.29 is 4.57 Å². The lowest BCUT2D eigenvalue weighted by atomic mass is 10.2. The van der Waals surface area contributed by atoms with Gasteiger partial charge in [0.25, 0.3) is 7.59 Å². The van der Waals surface area contributed by atoms with Crippen LogP contribution in [0.2, 0.25) is 0 Å². The lowest BCUT2D eigenvalue weighted by Crippen LogP contribution is -2.31. The maximum Gasteiger partial charge on any atom is 0.279 e. The fourth-order valence-corrected chi connectivity index (χ4v) is 4.11. The van der Waals surface area contributed by atoms with Crippen LogP contribution in [0, 0.1) is 0 Å². The molecule has 3 aromatic carbocycles. The van der Waals surface area contributed by atoms with Gasteiger partial charge >= 0.3 is 0 Å². The SMILES string of the molecule is O=P(NCc1ccccc1)(NCc1ccccc1)NCc1ccccc1. The van der Waals surface area contributed by atoms with Gasteiger partial charge in [-0.3, -0.25) is 4.57 Å². The van der Waals surface area contributed by atoms with Crippen LogP contribution in [-0.4, -0.2) is 0 Å². The lowest BCUT2D eigenvalue weighted by Gasteiger charge is -2.22. The third-order valence-electron chi connectivity index (χ3n) is 4.05. The molecule has 0 radical (unpaired) electrons. The summed E-state index contributed by atoms with van der Waals surface area (Å²) in [4.78, 5) is 0. The van der Waals surface area contributed by atoms with E-state index in [1.165, 1.54) is 0 Å². The van der Waals surface area contributed by atoms with Gasteiger partial charge in [0, 0.05) is 19.6 Å². The maximum atomic E-state index is 13.4. The summed E-state index contributed by atoms with van der Waals surface area (Å²) in [6, 6.07) is 29.9. The third kappa shape index (κ3) is 5.94. The Balaban J connectivity index is 1.65. The van der Waals surface area contributed by atoms with Crippen LogP contribution in [0.25, 0.3) is 0 Å². The molecule has 26 heavy (non-hydrogen) atoms. The lowest BCUT2D eigenvalue weighted by molar-refractivity contribution is 0.538. The number of benzene rings is 3. The average molecular weight is 365 g/mol. The molecule has 0 aliphatic heterocycles. The Labute approximate surface area is 155 Å². The van der Waals surface area contributed by atoms with Crippen LogP contribution in [0.5, 0.6) is 0 Å². The number of hydrogen-bond acceptors (Lipinski definition) is 1. The predicted molar refractivity (Wildman–Crippen MR) is 107 cm³/mol. The van der Waals surface area contributed by atoms with Gasteiger partial charge in [0.15, 0.2) is 0 Å². The Morgan fingerprint density at radius 1 is 0.500 bits per heavy atom. The first-order valence-electron chi connectivity index (χ1n) is 8.71.